The molecular formula is C23H26N2O3S. The van der Waals surface area contributed by atoms with Crippen LogP contribution in [0.15, 0.2) is 41.8 Å². The minimum absolute atomic E-state index is 0.0750. The molecule has 0 atom stereocenters. The summed E-state index contributed by atoms with van der Waals surface area (Å²) in [4.78, 5) is 15.2. The first-order chi connectivity index (χ1) is 13.9. The Bertz CT molecular complexity index is 994. The lowest BCUT2D eigenvalue weighted by Crippen LogP contribution is -2.06. The van der Waals surface area contributed by atoms with Crippen LogP contribution in [0.1, 0.15) is 47.7 Å². The summed E-state index contributed by atoms with van der Waals surface area (Å²) in [5.41, 5.74) is 6.48. The van der Waals surface area contributed by atoms with Crippen LogP contribution < -0.4 is 4.74 Å². The average Bonchev–Trinajstić information content (AvgIpc) is 3.16. The van der Waals surface area contributed by atoms with E-state index in [0.717, 1.165) is 38.7 Å². The van der Waals surface area contributed by atoms with Crippen molar-refractivity contribution >= 4 is 11.3 Å². The molecule has 3 aromatic rings. The van der Waals surface area contributed by atoms with E-state index in [1.165, 1.54) is 5.56 Å². The quantitative estimate of drug-likeness (QED) is 0.355. The van der Waals surface area contributed by atoms with Crippen LogP contribution in [-0.2, 0) is 12.8 Å². The molecule has 152 valence electrons. The second-order valence-electron chi connectivity index (χ2n) is 7.49. The molecule has 0 radical (unpaired) electrons. The lowest BCUT2D eigenvalue weighted by molar-refractivity contribution is -0.479. The Morgan fingerprint density at radius 2 is 1.90 bits per heavy atom. The zero-order valence-corrected chi connectivity index (χ0v) is 18.1. The van der Waals surface area contributed by atoms with E-state index in [4.69, 9.17) is 9.72 Å². The highest BCUT2D eigenvalue weighted by Gasteiger charge is 2.13. The number of hydrogen-bond donors (Lipinski definition) is 0. The number of nitrogens with zero attached hydrogens (tertiary/aromatic N) is 2. The molecular weight excluding hydrogens is 384 g/mol. The van der Waals surface area contributed by atoms with Crippen molar-refractivity contribution in [3.05, 3.63) is 79.8 Å². The SMILES string of the molecule is COc1cc(CC[N+](=O)[O-])c(C)cc1Cc1csc(-c2ccc(C(C)C)cc2)n1. The van der Waals surface area contributed by atoms with E-state index in [1.807, 2.05) is 13.0 Å². The number of aryl methyl sites for hydroxylation is 1. The summed E-state index contributed by atoms with van der Waals surface area (Å²) < 4.78 is 5.55. The minimum atomic E-state index is -0.287. The Hall–Kier alpha value is -2.73. The van der Waals surface area contributed by atoms with Gasteiger partial charge in [0.25, 0.3) is 0 Å². The lowest BCUT2D eigenvalue weighted by Gasteiger charge is -2.12. The van der Waals surface area contributed by atoms with Gasteiger partial charge in [0.2, 0.25) is 6.54 Å². The van der Waals surface area contributed by atoms with E-state index in [1.54, 1.807) is 18.4 Å². The number of ether oxygens (including phenoxy) is 1. The van der Waals surface area contributed by atoms with Gasteiger partial charge in [-0.25, -0.2) is 4.98 Å². The molecule has 2 aromatic carbocycles. The van der Waals surface area contributed by atoms with E-state index in [2.05, 4.69) is 49.6 Å². The Labute approximate surface area is 175 Å². The number of methoxy groups -OCH3 is 1. The summed E-state index contributed by atoms with van der Waals surface area (Å²) in [5, 5.41) is 13.8. The van der Waals surface area contributed by atoms with Gasteiger partial charge in [0, 0.05) is 34.3 Å². The Morgan fingerprint density at radius 1 is 1.17 bits per heavy atom. The number of benzene rings is 2. The number of nitro groups is 1. The maximum Gasteiger partial charge on any atom is 0.207 e. The average molecular weight is 411 g/mol. The third-order valence-electron chi connectivity index (χ3n) is 5.05. The van der Waals surface area contributed by atoms with E-state index in [0.29, 0.717) is 18.8 Å². The Morgan fingerprint density at radius 3 is 2.52 bits per heavy atom. The number of rotatable bonds is 8. The van der Waals surface area contributed by atoms with Crippen LogP contribution in [0.2, 0.25) is 0 Å². The van der Waals surface area contributed by atoms with E-state index < -0.39 is 0 Å². The summed E-state index contributed by atoms with van der Waals surface area (Å²) in [6, 6.07) is 12.6. The van der Waals surface area contributed by atoms with Crippen molar-refractivity contribution in [3.63, 3.8) is 0 Å². The van der Waals surface area contributed by atoms with Gasteiger partial charge in [-0.2, -0.15) is 0 Å². The van der Waals surface area contributed by atoms with Gasteiger partial charge in [-0.15, -0.1) is 11.3 Å². The standard InChI is InChI=1S/C23H26N2O3S/c1-15(2)17-5-7-18(8-6-17)23-24-21(14-29-23)12-20-11-16(3)19(9-10-25(26)27)13-22(20)28-4/h5-8,11,13-15H,9-10,12H2,1-4H3. The summed E-state index contributed by atoms with van der Waals surface area (Å²) in [6.45, 7) is 6.29. The number of thiazole rings is 1. The topological polar surface area (TPSA) is 65.3 Å². The Kier molecular flexibility index (Phi) is 6.64. The number of aromatic nitrogens is 1. The van der Waals surface area contributed by atoms with Gasteiger partial charge in [-0.1, -0.05) is 44.2 Å². The molecule has 0 saturated carbocycles. The summed E-state index contributed by atoms with van der Waals surface area (Å²) in [7, 11) is 1.63. The summed E-state index contributed by atoms with van der Waals surface area (Å²) >= 11 is 1.64. The third kappa shape index (κ3) is 5.21. The van der Waals surface area contributed by atoms with Crippen molar-refractivity contribution < 1.29 is 9.66 Å². The predicted molar refractivity (Wildman–Crippen MR) is 118 cm³/mol. The van der Waals surface area contributed by atoms with Crippen LogP contribution >= 0.6 is 11.3 Å². The van der Waals surface area contributed by atoms with Crippen LogP contribution in [0.25, 0.3) is 10.6 Å². The normalized spacial score (nSPS) is 11.1. The Balaban J connectivity index is 1.79. The first-order valence-electron chi connectivity index (χ1n) is 9.70. The largest absolute Gasteiger partial charge is 0.496 e. The fourth-order valence-electron chi connectivity index (χ4n) is 3.33. The smallest absolute Gasteiger partial charge is 0.207 e. The third-order valence-corrected chi connectivity index (χ3v) is 5.99. The van der Waals surface area contributed by atoms with Crippen molar-refractivity contribution in [2.24, 2.45) is 0 Å². The van der Waals surface area contributed by atoms with Crippen LogP contribution in [0, 0.1) is 17.0 Å². The fourth-order valence-corrected chi connectivity index (χ4v) is 4.15. The predicted octanol–water partition coefficient (Wildman–Crippen LogP) is 5.66. The minimum Gasteiger partial charge on any atom is -0.496 e. The molecule has 0 aliphatic carbocycles. The first kappa shape index (κ1) is 21.0. The van der Waals surface area contributed by atoms with Gasteiger partial charge < -0.3 is 4.74 Å². The lowest BCUT2D eigenvalue weighted by atomic mass is 9.99. The molecule has 29 heavy (non-hydrogen) atoms. The summed E-state index contributed by atoms with van der Waals surface area (Å²) in [6.07, 6.45) is 1.07. The highest BCUT2D eigenvalue weighted by molar-refractivity contribution is 7.13. The highest BCUT2D eigenvalue weighted by atomic mass is 32.1. The van der Waals surface area contributed by atoms with E-state index in [-0.39, 0.29) is 11.5 Å². The molecule has 0 spiro atoms. The monoisotopic (exact) mass is 410 g/mol. The molecule has 5 nitrogen and oxygen atoms in total. The zero-order valence-electron chi connectivity index (χ0n) is 17.3. The molecule has 0 N–H and O–H groups in total. The molecule has 3 rings (SSSR count). The van der Waals surface area contributed by atoms with Gasteiger partial charge in [0.05, 0.1) is 12.8 Å². The second kappa shape index (κ2) is 9.18. The fraction of sp³-hybridized carbons (Fsp3) is 0.348. The van der Waals surface area contributed by atoms with Crippen molar-refractivity contribution in [3.8, 4) is 16.3 Å². The molecule has 0 saturated heterocycles. The van der Waals surface area contributed by atoms with Gasteiger partial charge in [0.1, 0.15) is 10.8 Å². The highest BCUT2D eigenvalue weighted by Crippen LogP contribution is 2.30. The van der Waals surface area contributed by atoms with Crippen LogP contribution in [0.3, 0.4) is 0 Å². The van der Waals surface area contributed by atoms with Crippen LogP contribution in [0.5, 0.6) is 5.75 Å². The van der Waals surface area contributed by atoms with Crippen molar-refractivity contribution in [2.75, 3.05) is 13.7 Å². The molecule has 0 unspecified atom stereocenters. The molecule has 6 heteroatoms. The van der Waals surface area contributed by atoms with Gasteiger partial charge in [0.15, 0.2) is 0 Å². The number of hydrogen-bond acceptors (Lipinski definition) is 5. The van der Waals surface area contributed by atoms with Gasteiger partial charge in [-0.05, 0) is 35.6 Å². The molecule has 1 heterocycles. The second-order valence-corrected chi connectivity index (χ2v) is 8.35. The van der Waals surface area contributed by atoms with Crippen LogP contribution in [-0.4, -0.2) is 23.6 Å². The van der Waals surface area contributed by atoms with Crippen molar-refractivity contribution in [1.29, 1.82) is 0 Å². The van der Waals surface area contributed by atoms with Gasteiger partial charge >= 0.3 is 0 Å². The van der Waals surface area contributed by atoms with Gasteiger partial charge in [-0.3, -0.25) is 10.1 Å². The molecule has 0 amide bonds. The van der Waals surface area contributed by atoms with E-state index >= 15 is 0 Å². The van der Waals surface area contributed by atoms with Crippen LogP contribution in [0.4, 0.5) is 0 Å². The van der Waals surface area contributed by atoms with E-state index in [9.17, 15) is 10.1 Å². The van der Waals surface area contributed by atoms with Crippen molar-refractivity contribution in [1.82, 2.24) is 4.98 Å². The summed E-state index contributed by atoms with van der Waals surface area (Å²) in [5.74, 6) is 1.27. The van der Waals surface area contributed by atoms with Crippen molar-refractivity contribution in [2.45, 2.75) is 39.5 Å². The molecule has 0 aliphatic rings. The molecule has 0 bridgehead atoms. The molecule has 1 aromatic heterocycles. The molecule has 0 fully saturated rings. The maximum atomic E-state index is 10.7. The maximum absolute atomic E-state index is 10.7. The molecule has 0 aliphatic heterocycles. The zero-order chi connectivity index (χ0) is 21.0. The first-order valence-corrected chi connectivity index (χ1v) is 10.6.